The molecule has 0 spiro atoms. The summed E-state index contributed by atoms with van der Waals surface area (Å²) in [6, 6.07) is 8.15. The Labute approximate surface area is 165 Å². The van der Waals surface area contributed by atoms with Crippen LogP contribution in [0.2, 0.25) is 5.02 Å². The van der Waals surface area contributed by atoms with E-state index in [1.54, 1.807) is 32.1 Å². The summed E-state index contributed by atoms with van der Waals surface area (Å²) in [6.07, 6.45) is 1.61. The van der Waals surface area contributed by atoms with Crippen LogP contribution in [-0.4, -0.2) is 37.2 Å². The third-order valence-corrected chi connectivity index (χ3v) is 5.59. The first-order valence-electron chi connectivity index (χ1n) is 7.84. The topological polar surface area (TPSA) is 70.5 Å². The van der Waals surface area contributed by atoms with Crippen LogP contribution in [0.3, 0.4) is 0 Å². The second kappa shape index (κ2) is 7.34. The zero-order valence-corrected chi connectivity index (χ0v) is 16.4. The Morgan fingerprint density at radius 2 is 2.08 bits per heavy atom. The van der Waals surface area contributed by atoms with E-state index in [4.69, 9.17) is 23.8 Å². The highest BCUT2D eigenvalue weighted by Crippen LogP contribution is 2.35. The fourth-order valence-electron chi connectivity index (χ4n) is 2.75. The molecule has 1 saturated heterocycles. The molecule has 8 heteroatoms. The molecule has 1 aromatic heterocycles. The first-order chi connectivity index (χ1) is 12.3. The number of hydrogen-bond acceptors (Lipinski definition) is 5. The SMILES string of the molecule is CC(C)[C@H](C(=O)O)N1C(=O)/C(=C/c2ccc3cccc(Cl)c3n2)SC1=S. The largest absolute Gasteiger partial charge is 0.480 e. The molecular formula is C18H15ClN2O3S2. The van der Waals surface area contributed by atoms with Gasteiger partial charge in [0.15, 0.2) is 0 Å². The van der Waals surface area contributed by atoms with Crippen LogP contribution in [0.5, 0.6) is 0 Å². The van der Waals surface area contributed by atoms with Crippen molar-refractivity contribution >= 4 is 68.8 Å². The van der Waals surface area contributed by atoms with Gasteiger partial charge in [-0.25, -0.2) is 9.78 Å². The molecule has 26 heavy (non-hydrogen) atoms. The Morgan fingerprint density at radius 1 is 1.35 bits per heavy atom. The molecule has 3 rings (SSSR count). The van der Waals surface area contributed by atoms with E-state index in [0.29, 0.717) is 21.1 Å². The minimum Gasteiger partial charge on any atom is -0.480 e. The molecule has 2 aromatic rings. The van der Waals surface area contributed by atoms with Gasteiger partial charge in [-0.2, -0.15) is 0 Å². The summed E-state index contributed by atoms with van der Waals surface area (Å²) in [5.74, 6) is -1.76. The van der Waals surface area contributed by atoms with Gasteiger partial charge in [-0.15, -0.1) is 0 Å². The molecule has 1 N–H and O–H groups in total. The number of hydrogen-bond donors (Lipinski definition) is 1. The number of thiocarbonyl (C=S) groups is 1. The lowest BCUT2D eigenvalue weighted by molar-refractivity contribution is -0.146. The van der Waals surface area contributed by atoms with Gasteiger partial charge >= 0.3 is 5.97 Å². The molecule has 5 nitrogen and oxygen atoms in total. The van der Waals surface area contributed by atoms with Gasteiger partial charge in [0.05, 0.1) is 21.1 Å². The number of para-hydroxylation sites is 1. The number of thioether (sulfide) groups is 1. The normalized spacial score (nSPS) is 17.5. The number of carbonyl (C=O) groups is 2. The molecule has 1 aliphatic heterocycles. The maximum atomic E-state index is 12.7. The molecule has 0 bridgehead atoms. The Hall–Kier alpha value is -1.96. The molecule has 1 atom stereocenters. The average Bonchev–Trinajstić information content (AvgIpc) is 2.83. The molecule has 1 amide bonds. The van der Waals surface area contributed by atoms with Crippen LogP contribution < -0.4 is 0 Å². The number of aromatic nitrogens is 1. The van der Waals surface area contributed by atoms with Crippen LogP contribution >= 0.6 is 35.6 Å². The summed E-state index contributed by atoms with van der Waals surface area (Å²) >= 11 is 12.5. The third-order valence-electron chi connectivity index (χ3n) is 3.96. The predicted molar refractivity (Wildman–Crippen MR) is 108 cm³/mol. The van der Waals surface area contributed by atoms with E-state index in [-0.39, 0.29) is 10.2 Å². The number of benzene rings is 1. The Morgan fingerprint density at radius 3 is 2.73 bits per heavy atom. The molecule has 1 aromatic carbocycles. The number of carbonyl (C=O) groups excluding carboxylic acids is 1. The van der Waals surface area contributed by atoms with Crippen LogP contribution in [0, 0.1) is 5.92 Å². The van der Waals surface area contributed by atoms with Crippen molar-refractivity contribution in [3.63, 3.8) is 0 Å². The third kappa shape index (κ3) is 3.47. The lowest BCUT2D eigenvalue weighted by Crippen LogP contribution is -2.47. The van der Waals surface area contributed by atoms with Gasteiger partial charge in [0, 0.05) is 5.39 Å². The van der Waals surface area contributed by atoms with E-state index in [1.807, 2.05) is 18.2 Å². The first kappa shape index (κ1) is 18.8. The Kier molecular flexibility index (Phi) is 5.32. The summed E-state index contributed by atoms with van der Waals surface area (Å²) in [4.78, 5) is 30.3. The zero-order valence-electron chi connectivity index (χ0n) is 14.0. The highest BCUT2D eigenvalue weighted by molar-refractivity contribution is 8.26. The minimum absolute atomic E-state index is 0.237. The molecule has 0 unspecified atom stereocenters. The van der Waals surface area contributed by atoms with Crippen LogP contribution in [0.1, 0.15) is 19.5 Å². The van der Waals surface area contributed by atoms with E-state index in [1.165, 1.54) is 4.90 Å². The smallest absolute Gasteiger partial charge is 0.327 e. The van der Waals surface area contributed by atoms with Gasteiger partial charge in [-0.05, 0) is 24.1 Å². The zero-order chi connectivity index (χ0) is 19.0. The first-order valence-corrected chi connectivity index (χ1v) is 9.45. The summed E-state index contributed by atoms with van der Waals surface area (Å²) in [6.45, 7) is 3.49. The summed E-state index contributed by atoms with van der Waals surface area (Å²) < 4.78 is 0.237. The van der Waals surface area contributed by atoms with Gasteiger partial charge < -0.3 is 5.11 Å². The molecule has 2 heterocycles. The summed E-state index contributed by atoms with van der Waals surface area (Å²) in [7, 11) is 0. The van der Waals surface area contributed by atoms with Crippen LogP contribution in [0.25, 0.3) is 17.0 Å². The van der Waals surface area contributed by atoms with E-state index < -0.39 is 17.9 Å². The van der Waals surface area contributed by atoms with Gasteiger partial charge in [-0.1, -0.05) is 67.6 Å². The number of nitrogens with zero attached hydrogens (tertiary/aromatic N) is 2. The van der Waals surface area contributed by atoms with Gasteiger partial charge in [-0.3, -0.25) is 9.69 Å². The number of pyridine rings is 1. The van der Waals surface area contributed by atoms with Crippen molar-refractivity contribution in [2.75, 3.05) is 0 Å². The van der Waals surface area contributed by atoms with Crippen molar-refractivity contribution in [3.8, 4) is 0 Å². The number of aliphatic carboxylic acids is 1. The summed E-state index contributed by atoms with van der Waals surface area (Å²) in [5.41, 5.74) is 1.20. The molecular weight excluding hydrogens is 392 g/mol. The van der Waals surface area contributed by atoms with Gasteiger partial charge in [0.1, 0.15) is 10.4 Å². The molecule has 1 aliphatic rings. The predicted octanol–water partition coefficient (Wildman–Crippen LogP) is 4.20. The van der Waals surface area contributed by atoms with Crippen molar-refractivity contribution in [2.24, 2.45) is 5.92 Å². The number of rotatable bonds is 4. The van der Waals surface area contributed by atoms with Gasteiger partial charge in [0.2, 0.25) is 0 Å². The summed E-state index contributed by atoms with van der Waals surface area (Å²) in [5, 5.41) is 10.9. The minimum atomic E-state index is -1.08. The standard InChI is InChI=1S/C18H15ClN2O3S2/c1-9(2)15(17(23)24)21-16(22)13(26-18(21)25)8-11-7-6-10-4-3-5-12(19)14(10)20-11/h3-9,15H,1-2H3,(H,23,24)/b13-8-/t15-/m1/s1. The lowest BCUT2D eigenvalue weighted by atomic mass is 10.0. The van der Waals surface area contributed by atoms with Crippen LogP contribution in [-0.2, 0) is 9.59 Å². The van der Waals surface area contributed by atoms with E-state index >= 15 is 0 Å². The number of amides is 1. The van der Waals surface area contributed by atoms with Crippen molar-refractivity contribution in [2.45, 2.75) is 19.9 Å². The number of fused-ring (bicyclic) bond motifs is 1. The van der Waals surface area contributed by atoms with E-state index in [9.17, 15) is 14.7 Å². The number of halogens is 1. The average molecular weight is 407 g/mol. The monoisotopic (exact) mass is 406 g/mol. The Bertz CT molecular complexity index is 959. The maximum absolute atomic E-state index is 12.7. The molecule has 1 fully saturated rings. The lowest BCUT2D eigenvalue weighted by Gasteiger charge is -2.26. The second-order valence-electron chi connectivity index (χ2n) is 6.13. The van der Waals surface area contributed by atoms with E-state index in [0.717, 1.165) is 17.1 Å². The fraction of sp³-hybridized carbons (Fsp3) is 0.222. The van der Waals surface area contributed by atoms with Crippen molar-refractivity contribution in [3.05, 3.63) is 46.0 Å². The number of carboxylic acid groups (broad SMARTS) is 1. The van der Waals surface area contributed by atoms with Crippen molar-refractivity contribution < 1.29 is 14.7 Å². The fourth-order valence-corrected chi connectivity index (χ4v) is 4.29. The molecule has 0 aliphatic carbocycles. The molecule has 0 radical (unpaired) electrons. The molecule has 0 saturated carbocycles. The highest BCUT2D eigenvalue weighted by Gasteiger charge is 2.41. The Balaban J connectivity index is 1.98. The van der Waals surface area contributed by atoms with Crippen molar-refractivity contribution in [1.82, 2.24) is 9.88 Å². The van der Waals surface area contributed by atoms with Crippen LogP contribution in [0.4, 0.5) is 0 Å². The molecule has 134 valence electrons. The highest BCUT2D eigenvalue weighted by atomic mass is 35.5. The maximum Gasteiger partial charge on any atom is 0.327 e. The second-order valence-corrected chi connectivity index (χ2v) is 8.21. The van der Waals surface area contributed by atoms with Crippen LogP contribution in [0.15, 0.2) is 35.2 Å². The van der Waals surface area contributed by atoms with Crippen molar-refractivity contribution in [1.29, 1.82) is 0 Å². The van der Waals surface area contributed by atoms with E-state index in [2.05, 4.69) is 4.98 Å². The number of carboxylic acids is 1. The van der Waals surface area contributed by atoms with Gasteiger partial charge in [0.25, 0.3) is 5.91 Å². The quantitative estimate of drug-likeness (QED) is 0.606.